The smallest absolute Gasteiger partial charge is 0.151 e. The molecule has 1 atom stereocenters. The average Bonchev–Trinajstić information content (AvgIpc) is 2.38. The number of ketones is 1. The van der Waals surface area contributed by atoms with Crippen molar-refractivity contribution in [3.05, 3.63) is 0 Å². The van der Waals surface area contributed by atoms with Crippen molar-refractivity contribution in [1.82, 2.24) is 0 Å². The van der Waals surface area contributed by atoms with Crippen LogP contribution in [0.3, 0.4) is 0 Å². The second kappa shape index (κ2) is 1.68. The topological polar surface area (TPSA) is 51.2 Å². The van der Waals surface area contributed by atoms with Gasteiger partial charge in [0, 0.05) is 11.3 Å². The van der Waals surface area contributed by atoms with Crippen molar-refractivity contribution in [3.8, 4) is 0 Å². The normalized spacial score (nSPS) is 36.3. The molecule has 1 heterocycles. The van der Waals surface area contributed by atoms with Gasteiger partial charge in [-0.3, -0.25) is 4.79 Å². The van der Waals surface area contributed by atoms with Crippen LogP contribution in [0.4, 0.5) is 0 Å². The van der Waals surface area contributed by atoms with Crippen molar-refractivity contribution in [2.75, 3.05) is 11.5 Å². The molecule has 1 saturated heterocycles. The van der Waals surface area contributed by atoms with Gasteiger partial charge in [0.05, 0.1) is 11.5 Å². The molecule has 0 aromatic carbocycles. The maximum Gasteiger partial charge on any atom is 0.151 e. The molecule has 0 N–H and O–H groups in total. The van der Waals surface area contributed by atoms with Gasteiger partial charge in [-0.25, -0.2) is 8.42 Å². The van der Waals surface area contributed by atoms with Gasteiger partial charge in [0.1, 0.15) is 5.78 Å². The Hall–Kier alpha value is -0.380. The summed E-state index contributed by atoms with van der Waals surface area (Å²) in [5, 5.41) is 0. The van der Waals surface area contributed by atoms with Crippen molar-refractivity contribution >= 4 is 15.6 Å². The molecule has 1 unspecified atom stereocenters. The number of carbonyl (C=O) groups is 1. The van der Waals surface area contributed by atoms with E-state index in [4.69, 9.17) is 0 Å². The van der Waals surface area contributed by atoms with Gasteiger partial charge >= 0.3 is 0 Å². The molecule has 4 heteroatoms. The second-order valence-electron chi connectivity index (χ2n) is 3.76. The zero-order valence-electron chi connectivity index (χ0n) is 6.33. The van der Waals surface area contributed by atoms with Crippen molar-refractivity contribution < 1.29 is 13.2 Å². The Morgan fingerprint density at radius 3 is 2.27 bits per heavy atom. The van der Waals surface area contributed by atoms with E-state index in [2.05, 4.69) is 0 Å². The lowest BCUT2D eigenvalue weighted by atomic mass is 10.1. The summed E-state index contributed by atoms with van der Waals surface area (Å²) in [6.07, 6.45) is 0.807. The lowest BCUT2D eigenvalue weighted by Gasteiger charge is -2.26. The van der Waals surface area contributed by atoms with Crippen LogP contribution >= 0.6 is 0 Å². The number of sulfone groups is 1. The van der Waals surface area contributed by atoms with Crippen LogP contribution in [0.2, 0.25) is 0 Å². The Bertz CT molecular complexity index is 303. The highest BCUT2D eigenvalue weighted by Gasteiger charge is 2.66. The molecule has 1 aliphatic heterocycles. The van der Waals surface area contributed by atoms with Crippen molar-refractivity contribution in [2.24, 2.45) is 11.3 Å². The molecule has 1 aliphatic carbocycles. The first kappa shape index (κ1) is 7.28. The largest absolute Gasteiger partial charge is 0.300 e. The lowest BCUT2D eigenvalue weighted by Crippen LogP contribution is -2.40. The summed E-state index contributed by atoms with van der Waals surface area (Å²) in [4.78, 5) is 10.8. The third-order valence-corrected chi connectivity index (χ3v) is 4.72. The minimum absolute atomic E-state index is 0.0611. The van der Waals surface area contributed by atoms with E-state index in [1.165, 1.54) is 0 Å². The van der Waals surface area contributed by atoms with Gasteiger partial charge in [0.25, 0.3) is 0 Å². The standard InChI is InChI=1S/C7H10O3S/c1-5(8)6-2-7(6)3-11(9,10)4-7/h6H,2-4H2,1H3. The maximum absolute atomic E-state index is 10.8. The van der Waals surface area contributed by atoms with Crippen LogP contribution < -0.4 is 0 Å². The molecule has 3 nitrogen and oxygen atoms in total. The summed E-state index contributed by atoms with van der Waals surface area (Å²) >= 11 is 0. The summed E-state index contributed by atoms with van der Waals surface area (Å²) < 4.78 is 21.6. The lowest BCUT2D eigenvalue weighted by molar-refractivity contribution is -0.118. The molecule has 1 spiro atoms. The molecule has 0 bridgehead atoms. The van der Waals surface area contributed by atoms with Crippen LogP contribution in [0.25, 0.3) is 0 Å². The van der Waals surface area contributed by atoms with E-state index in [-0.39, 0.29) is 28.6 Å². The van der Waals surface area contributed by atoms with Gasteiger partial charge in [-0.2, -0.15) is 0 Å². The number of carbonyl (C=O) groups excluding carboxylic acids is 1. The number of rotatable bonds is 1. The molecule has 0 aromatic heterocycles. The molecule has 62 valence electrons. The van der Waals surface area contributed by atoms with Gasteiger partial charge in [-0.05, 0) is 13.3 Å². The van der Waals surface area contributed by atoms with Crippen LogP contribution in [-0.4, -0.2) is 25.7 Å². The quantitative estimate of drug-likeness (QED) is 0.562. The highest BCUT2D eigenvalue weighted by atomic mass is 32.2. The van der Waals surface area contributed by atoms with Gasteiger partial charge in [-0.1, -0.05) is 0 Å². The predicted molar refractivity (Wildman–Crippen MR) is 39.9 cm³/mol. The zero-order chi connectivity index (χ0) is 8.28. The summed E-state index contributed by atoms with van der Waals surface area (Å²) in [7, 11) is -2.75. The van der Waals surface area contributed by atoms with E-state index in [1.54, 1.807) is 6.92 Å². The summed E-state index contributed by atoms with van der Waals surface area (Å²) in [5.41, 5.74) is -0.0926. The maximum atomic E-state index is 10.8. The first-order chi connectivity index (χ1) is 4.95. The van der Waals surface area contributed by atoms with Crippen LogP contribution in [0.1, 0.15) is 13.3 Å². The van der Waals surface area contributed by atoms with Gasteiger partial charge < -0.3 is 0 Å². The Morgan fingerprint density at radius 1 is 1.45 bits per heavy atom. The summed E-state index contributed by atoms with van der Waals surface area (Å²) in [5.74, 6) is 0.722. The third-order valence-electron chi connectivity index (χ3n) is 2.70. The van der Waals surface area contributed by atoms with E-state index < -0.39 is 9.84 Å². The monoisotopic (exact) mass is 174 g/mol. The fraction of sp³-hybridized carbons (Fsp3) is 0.857. The van der Waals surface area contributed by atoms with Crippen LogP contribution in [0, 0.1) is 11.3 Å². The first-order valence-electron chi connectivity index (χ1n) is 3.66. The highest BCUT2D eigenvalue weighted by Crippen LogP contribution is 2.60. The van der Waals surface area contributed by atoms with E-state index in [0.717, 1.165) is 6.42 Å². The van der Waals surface area contributed by atoms with Crippen LogP contribution in [0.15, 0.2) is 0 Å². The minimum Gasteiger partial charge on any atom is -0.300 e. The van der Waals surface area contributed by atoms with E-state index in [9.17, 15) is 13.2 Å². The van der Waals surface area contributed by atoms with E-state index in [1.807, 2.05) is 0 Å². The Balaban J connectivity index is 2.08. The molecule has 11 heavy (non-hydrogen) atoms. The van der Waals surface area contributed by atoms with Crippen molar-refractivity contribution in [2.45, 2.75) is 13.3 Å². The predicted octanol–water partition coefficient (Wildman–Crippen LogP) is 0.0101. The van der Waals surface area contributed by atoms with Gasteiger partial charge in [0.15, 0.2) is 9.84 Å². The average molecular weight is 174 g/mol. The molecule has 1 saturated carbocycles. The molecule has 2 rings (SSSR count). The van der Waals surface area contributed by atoms with E-state index in [0.29, 0.717) is 0 Å². The fourth-order valence-corrected chi connectivity index (χ4v) is 4.38. The fourth-order valence-electron chi connectivity index (χ4n) is 2.08. The molecule has 2 fully saturated rings. The Kier molecular flexibility index (Phi) is 1.11. The first-order valence-corrected chi connectivity index (χ1v) is 5.48. The molecule has 2 aliphatic rings. The third kappa shape index (κ3) is 0.922. The van der Waals surface area contributed by atoms with E-state index >= 15 is 0 Å². The molecular weight excluding hydrogens is 164 g/mol. The van der Waals surface area contributed by atoms with Crippen molar-refractivity contribution in [1.29, 1.82) is 0 Å². The molecule has 0 aromatic rings. The Labute approximate surface area is 65.7 Å². The van der Waals surface area contributed by atoms with Crippen LogP contribution in [-0.2, 0) is 14.6 Å². The highest BCUT2D eigenvalue weighted by molar-refractivity contribution is 7.92. The zero-order valence-corrected chi connectivity index (χ0v) is 7.15. The van der Waals surface area contributed by atoms with Crippen LogP contribution in [0.5, 0.6) is 0 Å². The Morgan fingerprint density at radius 2 is 2.00 bits per heavy atom. The number of hydrogen-bond donors (Lipinski definition) is 0. The molecule has 0 amide bonds. The number of Topliss-reactive ketones (excluding diaryl/α,β-unsaturated/α-hetero) is 1. The van der Waals surface area contributed by atoms with Gasteiger partial charge in [0.2, 0.25) is 0 Å². The van der Waals surface area contributed by atoms with Crippen molar-refractivity contribution in [3.63, 3.8) is 0 Å². The SMILES string of the molecule is CC(=O)C1CC12CS(=O)(=O)C2. The minimum atomic E-state index is -2.75. The van der Waals surface area contributed by atoms with Gasteiger partial charge in [-0.15, -0.1) is 0 Å². The molecule has 0 radical (unpaired) electrons. The number of hydrogen-bond acceptors (Lipinski definition) is 3. The second-order valence-corrected chi connectivity index (χ2v) is 5.83. The molecular formula is C7H10O3S. The summed E-state index contributed by atoms with van der Waals surface area (Å²) in [6.45, 7) is 1.55. The summed E-state index contributed by atoms with van der Waals surface area (Å²) in [6, 6.07) is 0.